The van der Waals surface area contributed by atoms with Crippen molar-refractivity contribution in [3.63, 3.8) is 0 Å². The molecule has 5 rings (SSSR count). The fourth-order valence-corrected chi connectivity index (χ4v) is 4.66. The molecule has 1 saturated carbocycles. The number of carbonyl (C=O) groups excluding carboxylic acids is 2. The van der Waals surface area contributed by atoms with Gasteiger partial charge in [-0.15, -0.1) is 0 Å². The Morgan fingerprint density at radius 3 is 2.47 bits per heavy atom. The van der Waals surface area contributed by atoms with Crippen LogP contribution in [0.5, 0.6) is 0 Å². The molecule has 1 aliphatic carbocycles. The van der Waals surface area contributed by atoms with Gasteiger partial charge in [-0.1, -0.05) is 5.16 Å². The highest BCUT2D eigenvalue weighted by Gasteiger charge is 2.36. The van der Waals surface area contributed by atoms with Crippen LogP contribution in [0.1, 0.15) is 86.4 Å². The van der Waals surface area contributed by atoms with Crippen LogP contribution in [0.15, 0.2) is 16.7 Å². The van der Waals surface area contributed by atoms with Crippen molar-refractivity contribution in [3.8, 4) is 11.1 Å². The van der Waals surface area contributed by atoms with Crippen molar-refractivity contribution in [2.45, 2.75) is 84.3 Å². The lowest BCUT2D eigenvalue weighted by Crippen LogP contribution is -2.29. The van der Waals surface area contributed by atoms with Crippen LogP contribution in [-0.4, -0.2) is 44.9 Å². The van der Waals surface area contributed by atoms with E-state index in [0.29, 0.717) is 41.2 Å². The van der Waals surface area contributed by atoms with Crippen LogP contribution in [0.2, 0.25) is 0 Å². The Balaban J connectivity index is 1.75. The van der Waals surface area contributed by atoms with E-state index in [1.165, 1.54) is 0 Å². The normalized spacial score (nSPS) is 18.9. The molecule has 0 spiro atoms. The zero-order chi connectivity index (χ0) is 24.2. The first-order valence-corrected chi connectivity index (χ1v) is 12.0. The number of benzene rings is 1. The number of ketones is 1. The van der Waals surface area contributed by atoms with Gasteiger partial charge >= 0.3 is 6.09 Å². The van der Waals surface area contributed by atoms with E-state index in [9.17, 15) is 9.59 Å². The number of aromatic nitrogens is 3. The monoisotopic (exact) mass is 465 g/mol. The summed E-state index contributed by atoms with van der Waals surface area (Å²) in [5, 5.41) is 4.09. The third-order valence-corrected chi connectivity index (χ3v) is 6.36. The zero-order valence-corrected chi connectivity index (χ0v) is 20.4. The smallest absolute Gasteiger partial charge is 0.420 e. The summed E-state index contributed by atoms with van der Waals surface area (Å²) in [6, 6.07) is 3.74. The number of hydrogen-bond acceptors (Lipinski definition) is 7. The summed E-state index contributed by atoms with van der Waals surface area (Å²) < 4.78 is 18.5. The van der Waals surface area contributed by atoms with Crippen LogP contribution < -0.4 is 0 Å². The van der Waals surface area contributed by atoms with Gasteiger partial charge in [0.2, 0.25) is 0 Å². The van der Waals surface area contributed by atoms with Gasteiger partial charge in [0.25, 0.3) is 0 Å². The van der Waals surface area contributed by atoms with Crippen molar-refractivity contribution in [1.82, 2.24) is 14.7 Å². The molecule has 34 heavy (non-hydrogen) atoms. The number of hydrogen-bond donors (Lipinski definition) is 0. The Hall–Kier alpha value is -3.00. The van der Waals surface area contributed by atoms with E-state index in [4.69, 9.17) is 19.0 Å². The highest BCUT2D eigenvalue weighted by molar-refractivity contribution is 6.11. The number of ether oxygens (including phenoxy) is 2. The van der Waals surface area contributed by atoms with E-state index in [1.54, 1.807) is 4.57 Å². The maximum absolute atomic E-state index is 13.7. The molecule has 1 saturated heterocycles. The van der Waals surface area contributed by atoms with Gasteiger partial charge in [-0.25, -0.2) is 14.3 Å². The average molecular weight is 466 g/mol. The summed E-state index contributed by atoms with van der Waals surface area (Å²) in [6.07, 6.45) is 3.50. The van der Waals surface area contributed by atoms with E-state index < -0.39 is 17.8 Å². The van der Waals surface area contributed by atoms with Gasteiger partial charge in [-0.2, -0.15) is 0 Å². The lowest BCUT2D eigenvalue weighted by molar-refractivity contribution is 0.0187. The van der Waals surface area contributed by atoms with Crippen LogP contribution in [-0.2, 0) is 9.47 Å². The molecule has 2 fully saturated rings. The van der Waals surface area contributed by atoms with Crippen molar-refractivity contribution in [2.75, 3.05) is 6.61 Å². The second kappa shape index (κ2) is 8.34. The number of imidazole rings is 1. The summed E-state index contributed by atoms with van der Waals surface area (Å²) in [7, 11) is 0. The molecular weight excluding hydrogens is 434 g/mol. The highest BCUT2D eigenvalue weighted by atomic mass is 16.6. The van der Waals surface area contributed by atoms with Gasteiger partial charge in [0.1, 0.15) is 28.8 Å². The topological polar surface area (TPSA) is 96.5 Å². The standard InChI is InChI=1S/C26H31N3O5/c1-14-21(15(2)34-28-14)17-12-18(23(30)20-8-6-7-11-32-20)22-19(13-17)29(24(27-22)16-9-10-16)25(31)33-26(3,4)5/h12-13,16,20H,6-11H2,1-5H3. The number of nitrogens with zero attached hydrogens (tertiary/aromatic N) is 3. The Bertz CT molecular complexity index is 1250. The molecule has 1 atom stereocenters. The maximum atomic E-state index is 13.7. The summed E-state index contributed by atoms with van der Waals surface area (Å²) in [4.78, 5) is 31.9. The molecule has 1 aromatic carbocycles. The molecule has 2 aliphatic rings. The fraction of sp³-hybridized carbons (Fsp3) is 0.538. The zero-order valence-electron chi connectivity index (χ0n) is 20.4. The number of fused-ring (bicyclic) bond motifs is 1. The van der Waals surface area contributed by atoms with Crippen molar-refractivity contribution in [1.29, 1.82) is 0 Å². The van der Waals surface area contributed by atoms with Gasteiger partial charge in [-0.3, -0.25) is 4.79 Å². The Labute approximate surface area is 198 Å². The van der Waals surface area contributed by atoms with Crippen molar-refractivity contribution in [2.24, 2.45) is 0 Å². The van der Waals surface area contributed by atoms with Gasteiger partial charge < -0.3 is 14.0 Å². The molecule has 8 heteroatoms. The van der Waals surface area contributed by atoms with Crippen molar-refractivity contribution < 1.29 is 23.6 Å². The second-order valence-electron chi connectivity index (χ2n) is 10.4. The number of aryl methyl sites for hydroxylation is 2. The molecular formula is C26H31N3O5. The van der Waals surface area contributed by atoms with Gasteiger partial charge in [-0.05, 0) is 84.4 Å². The Morgan fingerprint density at radius 2 is 1.88 bits per heavy atom. The minimum absolute atomic E-state index is 0.102. The average Bonchev–Trinajstić information content (AvgIpc) is 3.48. The molecule has 3 heterocycles. The lowest BCUT2D eigenvalue weighted by Gasteiger charge is -2.22. The molecule has 1 unspecified atom stereocenters. The minimum atomic E-state index is -0.664. The quantitative estimate of drug-likeness (QED) is 0.455. The summed E-state index contributed by atoms with van der Waals surface area (Å²) in [5.74, 6) is 1.37. The molecule has 0 radical (unpaired) electrons. The molecule has 2 aromatic heterocycles. The van der Waals surface area contributed by atoms with E-state index in [0.717, 1.165) is 42.5 Å². The summed E-state index contributed by atoms with van der Waals surface area (Å²) >= 11 is 0. The van der Waals surface area contributed by atoms with Crippen molar-refractivity contribution in [3.05, 3.63) is 35.0 Å². The molecule has 0 N–H and O–H groups in total. The van der Waals surface area contributed by atoms with Gasteiger partial charge in [0.05, 0.1) is 11.2 Å². The summed E-state index contributed by atoms with van der Waals surface area (Å²) in [6.45, 7) is 9.79. The number of rotatable bonds is 4. The van der Waals surface area contributed by atoms with Gasteiger partial charge in [0, 0.05) is 23.7 Å². The van der Waals surface area contributed by atoms with Crippen LogP contribution in [0, 0.1) is 13.8 Å². The van der Waals surface area contributed by atoms with Crippen LogP contribution in [0.3, 0.4) is 0 Å². The third-order valence-electron chi connectivity index (χ3n) is 6.36. The van der Waals surface area contributed by atoms with E-state index in [2.05, 4.69) is 5.16 Å². The minimum Gasteiger partial charge on any atom is -0.443 e. The van der Waals surface area contributed by atoms with E-state index >= 15 is 0 Å². The largest absolute Gasteiger partial charge is 0.443 e. The maximum Gasteiger partial charge on any atom is 0.420 e. The SMILES string of the molecule is Cc1noc(C)c1-c1cc(C(=O)C2CCCCO2)c2nc(C3CC3)n(C(=O)OC(C)(C)C)c2c1. The van der Waals surface area contributed by atoms with E-state index in [-0.39, 0.29) is 11.7 Å². The van der Waals surface area contributed by atoms with Crippen molar-refractivity contribution >= 4 is 22.9 Å². The van der Waals surface area contributed by atoms with Crippen LogP contribution in [0.4, 0.5) is 4.79 Å². The molecule has 3 aromatic rings. The van der Waals surface area contributed by atoms with Crippen LogP contribution in [0.25, 0.3) is 22.2 Å². The second-order valence-corrected chi connectivity index (χ2v) is 10.4. The third kappa shape index (κ3) is 4.15. The van der Waals surface area contributed by atoms with E-state index in [1.807, 2.05) is 46.8 Å². The first-order chi connectivity index (χ1) is 16.1. The first-order valence-electron chi connectivity index (χ1n) is 12.0. The highest BCUT2D eigenvalue weighted by Crippen LogP contribution is 2.42. The number of carbonyl (C=O) groups is 2. The van der Waals surface area contributed by atoms with Gasteiger partial charge in [0.15, 0.2) is 5.78 Å². The molecule has 0 amide bonds. The molecule has 0 bridgehead atoms. The molecule has 180 valence electrons. The Kier molecular flexibility index (Phi) is 5.59. The first kappa shape index (κ1) is 22.8. The molecule has 8 nitrogen and oxygen atoms in total. The summed E-state index contributed by atoms with van der Waals surface area (Å²) in [5.41, 5.74) is 3.16. The molecule has 1 aliphatic heterocycles. The predicted molar refractivity (Wildman–Crippen MR) is 126 cm³/mol. The Morgan fingerprint density at radius 1 is 1.12 bits per heavy atom. The fourth-order valence-electron chi connectivity index (χ4n) is 4.66. The predicted octanol–water partition coefficient (Wildman–Crippen LogP) is 5.72. The lowest BCUT2D eigenvalue weighted by atomic mass is 9.94. The number of Topliss-reactive ketones (excluding diaryl/α,β-unsaturated/α-hetero) is 1. The van der Waals surface area contributed by atoms with Crippen LogP contribution >= 0.6 is 0 Å².